The van der Waals surface area contributed by atoms with E-state index in [9.17, 15) is 19.8 Å². The van der Waals surface area contributed by atoms with Gasteiger partial charge in [-0.2, -0.15) is 0 Å². The number of carbonyl (C=O) groups is 2. The maximum absolute atomic E-state index is 14.2. The molecule has 1 atom stereocenters. The van der Waals surface area contributed by atoms with Crippen molar-refractivity contribution in [1.82, 2.24) is 0 Å². The van der Waals surface area contributed by atoms with Crippen molar-refractivity contribution in [3.05, 3.63) is 148 Å². The molecule has 0 heterocycles. The molecule has 0 bridgehead atoms. The highest BCUT2D eigenvalue weighted by molar-refractivity contribution is 6.03. The molecule has 6 nitrogen and oxygen atoms in total. The molecule has 6 heteroatoms. The summed E-state index contributed by atoms with van der Waals surface area (Å²) < 4.78 is 11.4. The lowest BCUT2D eigenvalue weighted by Gasteiger charge is -2.34. The number of carbonyl (C=O) groups excluding carboxylic acids is 2. The number of benzene rings is 4. The lowest BCUT2D eigenvalue weighted by Crippen LogP contribution is -2.40. The van der Waals surface area contributed by atoms with Gasteiger partial charge in [0.1, 0.15) is 24.0 Å². The first kappa shape index (κ1) is 28.0. The van der Waals surface area contributed by atoms with E-state index in [0.29, 0.717) is 11.1 Å². The predicted molar refractivity (Wildman–Crippen MR) is 167 cm³/mol. The van der Waals surface area contributed by atoms with Crippen molar-refractivity contribution in [1.29, 1.82) is 0 Å². The minimum atomic E-state index is -1.27. The van der Waals surface area contributed by atoms with Gasteiger partial charge in [0.15, 0.2) is 0 Å². The molecule has 7 rings (SSSR count). The van der Waals surface area contributed by atoms with Gasteiger partial charge in [0.25, 0.3) is 0 Å². The van der Waals surface area contributed by atoms with Crippen molar-refractivity contribution in [3.63, 3.8) is 0 Å². The molecule has 0 aliphatic heterocycles. The summed E-state index contributed by atoms with van der Waals surface area (Å²) in [5, 5.41) is 19.1. The molecule has 0 fully saturated rings. The van der Waals surface area contributed by atoms with Crippen molar-refractivity contribution in [2.24, 2.45) is 0 Å². The van der Waals surface area contributed by atoms with Crippen molar-refractivity contribution < 1.29 is 29.3 Å². The second-order valence-electron chi connectivity index (χ2n) is 11.3. The minimum Gasteiger partial charge on any atom is -0.462 e. The molecule has 0 aromatic heterocycles. The van der Waals surface area contributed by atoms with E-state index in [0.717, 1.165) is 57.4 Å². The van der Waals surface area contributed by atoms with Crippen LogP contribution in [0.4, 0.5) is 0 Å². The van der Waals surface area contributed by atoms with Gasteiger partial charge in [0, 0.05) is 0 Å². The van der Waals surface area contributed by atoms with Crippen LogP contribution in [0.1, 0.15) is 46.2 Å². The molecule has 0 saturated carbocycles. The summed E-state index contributed by atoms with van der Waals surface area (Å²) in [5.74, 6) is -0.919. The van der Waals surface area contributed by atoms with Crippen LogP contribution in [-0.2, 0) is 29.9 Å². The summed E-state index contributed by atoms with van der Waals surface area (Å²) in [6.07, 6.45) is 5.81. The molecule has 4 aromatic carbocycles. The largest absolute Gasteiger partial charge is 0.462 e. The molecule has 220 valence electrons. The summed E-state index contributed by atoms with van der Waals surface area (Å²) in [5.41, 5.74) is 6.30. The molecule has 1 unspecified atom stereocenters. The Balaban J connectivity index is 1.45. The van der Waals surface area contributed by atoms with Gasteiger partial charge in [0.05, 0.1) is 13.2 Å². The number of aliphatic hydroxyl groups excluding tert-OH is 2. The zero-order chi connectivity index (χ0) is 30.3. The average Bonchev–Trinajstić information content (AvgIpc) is 3.55. The lowest BCUT2D eigenvalue weighted by atomic mass is 9.68. The molecule has 0 amide bonds. The van der Waals surface area contributed by atoms with E-state index >= 15 is 0 Å². The van der Waals surface area contributed by atoms with Crippen LogP contribution < -0.4 is 0 Å². The fourth-order valence-corrected chi connectivity index (χ4v) is 7.51. The zero-order valence-electron chi connectivity index (χ0n) is 24.2. The van der Waals surface area contributed by atoms with Crippen molar-refractivity contribution in [3.8, 4) is 11.1 Å². The Morgan fingerprint density at radius 2 is 1.07 bits per heavy atom. The molecular weight excluding hydrogens is 552 g/mol. The fourth-order valence-electron chi connectivity index (χ4n) is 7.51. The number of rotatable bonds is 8. The van der Waals surface area contributed by atoms with Gasteiger partial charge in [0.2, 0.25) is 0 Å². The van der Waals surface area contributed by atoms with Crippen molar-refractivity contribution in [2.45, 2.75) is 23.7 Å². The highest BCUT2D eigenvalue weighted by atomic mass is 16.5. The van der Waals surface area contributed by atoms with E-state index in [1.807, 2.05) is 97.1 Å². The van der Waals surface area contributed by atoms with Gasteiger partial charge in [-0.15, -0.1) is 0 Å². The third kappa shape index (κ3) is 3.81. The summed E-state index contributed by atoms with van der Waals surface area (Å²) in [6, 6.07) is 31.2. The average molecular weight is 585 g/mol. The van der Waals surface area contributed by atoms with Crippen LogP contribution in [-0.4, -0.2) is 48.6 Å². The number of hydrogen-bond acceptors (Lipinski definition) is 6. The summed E-state index contributed by atoms with van der Waals surface area (Å²) >= 11 is 0. The van der Waals surface area contributed by atoms with Crippen LogP contribution in [0.25, 0.3) is 16.7 Å². The van der Waals surface area contributed by atoms with E-state index in [2.05, 4.69) is 12.1 Å². The molecule has 0 radical (unpaired) electrons. The first-order valence-corrected chi connectivity index (χ1v) is 15.0. The smallest absolute Gasteiger partial charge is 0.325 e. The quantitative estimate of drug-likeness (QED) is 0.267. The lowest BCUT2D eigenvalue weighted by molar-refractivity contribution is -0.149. The number of ether oxygens (including phenoxy) is 2. The first-order chi connectivity index (χ1) is 21.6. The molecule has 0 saturated heterocycles. The maximum atomic E-state index is 14.2. The van der Waals surface area contributed by atoms with Crippen LogP contribution >= 0.6 is 0 Å². The van der Waals surface area contributed by atoms with Crippen LogP contribution in [0.5, 0.6) is 0 Å². The van der Waals surface area contributed by atoms with E-state index in [-0.39, 0.29) is 26.4 Å². The Hall–Kier alpha value is -4.78. The summed E-state index contributed by atoms with van der Waals surface area (Å²) in [4.78, 5) is 28.4. The first-order valence-electron chi connectivity index (χ1n) is 15.0. The van der Waals surface area contributed by atoms with Crippen molar-refractivity contribution >= 4 is 17.5 Å². The van der Waals surface area contributed by atoms with Crippen LogP contribution in [0, 0.1) is 0 Å². The third-order valence-corrected chi connectivity index (χ3v) is 9.20. The highest BCUT2D eigenvalue weighted by Gasteiger charge is 2.54. The SMILES string of the molecule is O=C(OCCO)C1(c2ccc(C3(C(=O)OCCO)c4ccccc4-c4ccccc43)cc2)C2=C(CCC=C2)c2ccccc21. The molecular formula is C38H32O6. The van der Waals surface area contributed by atoms with Crippen LogP contribution in [0.15, 0.2) is 115 Å². The molecule has 4 aromatic rings. The normalized spacial score (nSPS) is 18.7. The summed E-state index contributed by atoms with van der Waals surface area (Å²) in [7, 11) is 0. The molecule has 0 spiro atoms. The third-order valence-electron chi connectivity index (χ3n) is 9.20. The second-order valence-corrected chi connectivity index (χ2v) is 11.3. The number of hydrogen-bond donors (Lipinski definition) is 2. The van der Waals surface area contributed by atoms with Crippen LogP contribution in [0.3, 0.4) is 0 Å². The van der Waals surface area contributed by atoms with Gasteiger partial charge in [-0.25, -0.2) is 0 Å². The Labute approximate surface area is 255 Å². The number of aliphatic hydroxyl groups is 2. The van der Waals surface area contributed by atoms with Gasteiger partial charge < -0.3 is 19.7 Å². The Morgan fingerprint density at radius 1 is 0.614 bits per heavy atom. The second kappa shape index (κ2) is 11.1. The minimum absolute atomic E-state index is 0.111. The Bertz CT molecular complexity index is 1790. The van der Waals surface area contributed by atoms with Crippen LogP contribution in [0.2, 0.25) is 0 Å². The van der Waals surface area contributed by atoms with Gasteiger partial charge >= 0.3 is 11.9 Å². The van der Waals surface area contributed by atoms with E-state index in [4.69, 9.17) is 9.47 Å². The van der Waals surface area contributed by atoms with Gasteiger partial charge in [-0.05, 0) is 68.5 Å². The standard InChI is InChI=1S/C38H32O6/c39-21-23-43-35(41)37(31-13-5-1-9-27(31)28-10-2-6-14-32(28)37)25-17-19-26(20-18-25)38(36(42)44-24-22-40)33-15-7-3-11-29(33)30-12-4-8-16-34(30)38/h1-3,5-11,13-20,39-40H,4,12,21-24H2. The molecule has 3 aliphatic rings. The number of fused-ring (bicyclic) bond motifs is 5. The van der Waals surface area contributed by atoms with E-state index in [1.54, 1.807) is 0 Å². The Morgan fingerprint density at radius 3 is 1.61 bits per heavy atom. The van der Waals surface area contributed by atoms with E-state index in [1.165, 1.54) is 0 Å². The molecule has 44 heavy (non-hydrogen) atoms. The Kier molecular flexibility index (Phi) is 7.04. The predicted octanol–water partition coefficient (Wildman–Crippen LogP) is 5.48. The molecule has 3 aliphatic carbocycles. The van der Waals surface area contributed by atoms with Crippen molar-refractivity contribution in [2.75, 3.05) is 26.4 Å². The highest BCUT2D eigenvalue weighted by Crippen LogP contribution is 2.56. The number of allylic oxidation sites excluding steroid dienone is 3. The van der Waals surface area contributed by atoms with E-state index < -0.39 is 22.8 Å². The topological polar surface area (TPSA) is 93.1 Å². The number of esters is 2. The zero-order valence-corrected chi connectivity index (χ0v) is 24.2. The summed E-state index contributed by atoms with van der Waals surface area (Å²) in [6.45, 7) is -0.794. The maximum Gasteiger partial charge on any atom is 0.325 e. The fraction of sp³-hybridized carbons (Fsp3) is 0.211. The van der Waals surface area contributed by atoms with Gasteiger partial charge in [-0.1, -0.05) is 109 Å². The molecule has 2 N–H and O–H groups in total. The monoisotopic (exact) mass is 584 g/mol. The van der Waals surface area contributed by atoms with Gasteiger partial charge in [-0.3, -0.25) is 9.59 Å².